The first-order valence-electron chi connectivity index (χ1n) is 10.5. The largest absolute Gasteiger partial charge is 0.404 e. The van der Waals surface area contributed by atoms with Gasteiger partial charge in [0, 0.05) is 24.2 Å². The van der Waals surface area contributed by atoms with Crippen LogP contribution in [-0.2, 0) is 22.5 Å². The van der Waals surface area contributed by atoms with Crippen molar-refractivity contribution in [3.8, 4) is 0 Å². The van der Waals surface area contributed by atoms with Crippen molar-refractivity contribution >= 4 is 50.7 Å². The summed E-state index contributed by atoms with van der Waals surface area (Å²) in [4.78, 5) is 14.6. The fourth-order valence-corrected chi connectivity index (χ4v) is 15.2. The predicted octanol–water partition coefficient (Wildman–Crippen LogP) is 2.22. The summed E-state index contributed by atoms with van der Waals surface area (Å²) in [6, 6.07) is 0. The smallest absolute Gasteiger partial charge is 0.390 e. The Bertz CT molecular complexity index is 833. The van der Waals surface area contributed by atoms with Gasteiger partial charge in [0.2, 0.25) is 12.3 Å². The Balaban J connectivity index is 1.99. The molecule has 0 radical (unpaired) electrons. The van der Waals surface area contributed by atoms with Crippen LogP contribution >= 0.6 is 27.7 Å². The SMILES string of the molecule is C=C(P)[Si]1(C=CP)OCC2OC(N3C=CC(=O)NC3O)CC2O[Si](C(=C)P)(C(C)CC)O1. The van der Waals surface area contributed by atoms with Gasteiger partial charge in [-0.3, -0.25) is 4.79 Å². The van der Waals surface area contributed by atoms with E-state index in [4.69, 9.17) is 17.7 Å². The molecule has 2 N–H and O–H groups in total. The second-order valence-electron chi connectivity index (χ2n) is 8.13. The molecule has 0 aromatic rings. The van der Waals surface area contributed by atoms with Gasteiger partial charge in [-0.25, -0.2) is 0 Å². The second-order valence-corrected chi connectivity index (χ2v) is 17.7. The number of aliphatic hydroxyl groups excluding tert-OH is 1. The van der Waals surface area contributed by atoms with Gasteiger partial charge < -0.3 is 33.0 Å². The molecule has 2 fully saturated rings. The van der Waals surface area contributed by atoms with Crippen LogP contribution in [0.5, 0.6) is 0 Å². The number of nitrogens with zero attached hydrogens (tertiary/aromatic N) is 1. The molecule has 32 heavy (non-hydrogen) atoms. The number of carbonyl (C=O) groups excluding carboxylic acids is 1. The van der Waals surface area contributed by atoms with Gasteiger partial charge >= 0.3 is 17.1 Å². The Labute approximate surface area is 198 Å². The van der Waals surface area contributed by atoms with Crippen LogP contribution in [0.1, 0.15) is 26.7 Å². The Hall–Kier alpha value is -0.246. The highest BCUT2D eigenvalue weighted by Crippen LogP contribution is 2.45. The third kappa shape index (κ3) is 5.06. The number of aliphatic hydroxyl groups is 1. The summed E-state index contributed by atoms with van der Waals surface area (Å²) in [6.45, 7) is 12.9. The summed E-state index contributed by atoms with van der Waals surface area (Å²) >= 11 is 0. The van der Waals surface area contributed by atoms with Crippen molar-refractivity contribution < 1.29 is 27.6 Å². The summed E-state index contributed by atoms with van der Waals surface area (Å²) in [5.41, 5.74) is 2.04. The van der Waals surface area contributed by atoms with Gasteiger partial charge in [-0.15, -0.1) is 27.7 Å². The molecule has 3 heterocycles. The molecule has 1 amide bonds. The lowest BCUT2D eigenvalue weighted by atomic mass is 10.2. The maximum atomic E-state index is 11.5. The number of fused-ring (bicyclic) bond motifs is 1. The van der Waals surface area contributed by atoms with Crippen LogP contribution in [-0.4, -0.2) is 64.4 Å². The number of amides is 1. The van der Waals surface area contributed by atoms with Gasteiger partial charge in [0.15, 0.2) is 0 Å². The maximum absolute atomic E-state index is 11.5. The fraction of sp³-hybridized carbons (Fsp3) is 0.526. The third-order valence-electron chi connectivity index (χ3n) is 6.03. The lowest BCUT2D eigenvalue weighted by molar-refractivity contribution is -0.142. The Morgan fingerprint density at radius 2 is 2.12 bits per heavy atom. The van der Waals surface area contributed by atoms with Crippen molar-refractivity contribution in [3.63, 3.8) is 0 Å². The molecule has 8 nitrogen and oxygen atoms in total. The molecule has 0 aromatic carbocycles. The van der Waals surface area contributed by atoms with Crippen LogP contribution in [0.25, 0.3) is 0 Å². The Morgan fingerprint density at radius 3 is 2.69 bits per heavy atom. The zero-order valence-corrected chi connectivity index (χ0v) is 23.9. The van der Waals surface area contributed by atoms with Crippen molar-refractivity contribution in [3.05, 3.63) is 46.8 Å². The van der Waals surface area contributed by atoms with Gasteiger partial charge in [0.05, 0.1) is 12.7 Å². The molecule has 3 aliphatic heterocycles. The molecule has 0 spiro atoms. The average Bonchev–Trinajstić information content (AvgIpc) is 3.10. The van der Waals surface area contributed by atoms with E-state index in [-0.39, 0.29) is 30.3 Å². The van der Waals surface area contributed by atoms with Crippen LogP contribution < -0.4 is 5.32 Å². The second kappa shape index (κ2) is 10.6. The first-order chi connectivity index (χ1) is 15.1. The number of hydrogen-bond donors (Lipinski definition) is 2. The number of ether oxygens (including phenoxy) is 1. The average molecular weight is 535 g/mol. The number of nitrogens with one attached hydrogen (secondary N) is 1. The lowest BCUT2D eigenvalue weighted by Gasteiger charge is -2.46. The summed E-state index contributed by atoms with van der Waals surface area (Å²) < 4.78 is 26.5. The zero-order valence-electron chi connectivity index (χ0n) is 18.4. The molecular formula is C19H33N2O6P3Si2. The van der Waals surface area contributed by atoms with Gasteiger partial charge in [0.1, 0.15) is 12.3 Å². The van der Waals surface area contributed by atoms with Crippen molar-refractivity contribution in [1.82, 2.24) is 10.2 Å². The predicted molar refractivity (Wildman–Crippen MR) is 138 cm³/mol. The van der Waals surface area contributed by atoms with Gasteiger partial charge in [-0.2, -0.15) is 0 Å². The molecule has 0 aliphatic carbocycles. The van der Waals surface area contributed by atoms with Crippen LogP contribution in [0.15, 0.2) is 46.8 Å². The van der Waals surface area contributed by atoms with E-state index in [2.05, 4.69) is 60.0 Å². The first kappa shape index (κ1) is 26.4. The number of hydrogen-bond acceptors (Lipinski definition) is 7. The minimum atomic E-state index is -3.05. The first-order valence-corrected chi connectivity index (χ1v) is 16.1. The molecular weight excluding hydrogens is 501 g/mol. The third-order valence-corrected chi connectivity index (χ3v) is 16.8. The molecule has 0 aromatic heterocycles. The van der Waals surface area contributed by atoms with Crippen molar-refractivity contribution in [2.45, 2.75) is 57.0 Å². The van der Waals surface area contributed by atoms with Gasteiger partial charge in [-0.05, 0) is 15.6 Å². The van der Waals surface area contributed by atoms with E-state index in [1.807, 2.05) is 11.5 Å². The summed E-state index contributed by atoms with van der Waals surface area (Å²) in [5.74, 6) is 1.49. The molecule has 178 valence electrons. The molecule has 10 unspecified atom stereocenters. The van der Waals surface area contributed by atoms with Crippen molar-refractivity contribution in [2.24, 2.45) is 0 Å². The number of carbonyl (C=O) groups is 1. The lowest BCUT2D eigenvalue weighted by Crippen LogP contribution is -2.62. The Morgan fingerprint density at radius 1 is 1.41 bits per heavy atom. The van der Waals surface area contributed by atoms with E-state index < -0.39 is 29.7 Å². The van der Waals surface area contributed by atoms with E-state index in [0.717, 1.165) is 16.3 Å². The highest BCUT2D eigenvalue weighted by Gasteiger charge is 2.58. The maximum Gasteiger partial charge on any atom is 0.390 e. The van der Waals surface area contributed by atoms with Gasteiger partial charge in [0.25, 0.3) is 0 Å². The Kier molecular flexibility index (Phi) is 8.71. The molecule has 10 atom stereocenters. The normalized spacial score (nSPS) is 38.7. The molecule has 2 saturated heterocycles. The summed E-state index contributed by atoms with van der Waals surface area (Å²) in [6.07, 6.45) is 1.86. The monoisotopic (exact) mass is 534 g/mol. The minimum absolute atomic E-state index is 0.0998. The van der Waals surface area contributed by atoms with Crippen LogP contribution in [0.2, 0.25) is 5.54 Å². The van der Waals surface area contributed by atoms with Crippen LogP contribution in [0.4, 0.5) is 0 Å². The minimum Gasteiger partial charge on any atom is -0.404 e. The van der Waals surface area contributed by atoms with Crippen LogP contribution in [0.3, 0.4) is 0 Å². The van der Waals surface area contributed by atoms with Crippen molar-refractivity contribution in [1.29, 1.82) is 0 Å². The summed E-state index contributed by atoms with van der Waals surface area (Å²) in [5, 5.41) is 12.8. The van der Waals surface area contributed by atoms with E-state index >= 15 is 0 Å². The van der Waals surface area contributed by atoms with E-state index in [1.165, 1.54) is 6.08 Å². The fourth-order valence-electron chi connectivity index (χ4n) is 4.02. The van der Waals surface area contributed by atoms with Crippen LogP contribution in [0, 0.1) is 0 Å². The number of rotatable bonds is 6. The summed E-state index contributed by atoms with van der Waals surface area (Å²) in [7, 11) is 1.81. The molecule has 13 heteroatoms. The molecule has 0 saturated carbocycles. The van der Waals surface area contributed by atoms with E-state index in [0.29, 0.717) is 6.42 Å². The quantitative estimate of drug-likeness (QED) is 0.399. The van der Waals surface area contributed by atoms with Gasteiger partial charge in [-0.1, -0.05) is 39.2 Å². The zero-order chi connectivity index (χ0) is 23.7. The molecule has 0 bridgehead atoms. The topological polar surface area (TPSA) is 89.5 Å². The van der Waals surface area contributed by atoms with E-state index in [9.17, 15) is 9.90 Å². The highest BCUT2D eigenvalue weighted by molar-refractivity contribution is 7.33. The standard InChI is InChI=1S/C19H33N2O6P3Si2/c1-5-12(2)32(14(4)30)26-15-10-18(21-7-6-17(22)20-19(21)23)25-16(15)11-24-31(27-32,9-8-28)13(3)29/h6-9,12,15-16,18-19,23H,3-5,10-11,28-30H2,1-2H3,(H,20,22). The molecule has 3 aliphatic rings. The van der Waals surface area contributed by atoms with Crippen molar-refractivity contribution in [2.75, 3.05) is 6.61 Å². The molecule has 3 rings (SSSR count). The highest BCUT2D eigenvalue weighted by atomic mass is 31.0. The van der Waals surface area contributed by atoms with E-state index in [1.54, 1.807) is 11.1 Å².